The molecule has 2 radical (unpaired) electrons. The number of hydrogen-bond donors (Lipinski definition) is 1. The highest BCUT2D eigenvalue weighted by Gasteiger charge is 2.37. The van der Waals surface area contributed by atoms with E-state index in [9.17, 15) is 4.79 Å². The van der Waals surface area contributed by atoms with Crippen LogP contribution in [0.25, 0.3) is 16.5 Å². The lowest BCUT2D eigenvalue weighted by molar-refractivity contribution is -0.134. The van der Waals surface area contributed by atoms with E-state index in [0.29, 0.717) is 0 Å². The zero-order valence-electron chi connectivity index (χ0n) is 17.5. The third-order valence-electron chi connectivity index (χ3n) is 5.83. The number of aromatic nitrogens is 1. The van der Waals surface area contributed by atoms with Crippen LogP contribution < -0.4 is 5.46 Å². The Hall–Kier alpha value is -1.53. The van der Waals surface area contributed by atoms with Crippen molar-refractivity contribution in [1.82, 2.24) is 14.8 Å². The van der Waals surface area contributed by atoms with Crippen molar-refractivity contribution < 1.29 is 4.79 Å². The summed E-state index contributed by atoms with van der Waals surface area (Å²) in [7, 11) is 8.29. The fraction of sp³-hybridized carbons (Fsp3) is 0.500. The second-order valence-electron chi connectivity index (χ2n) is 7.31. The lowest BCUT2D eigenvalue weighted by atomic mass is 9.77. The fourth-order valence-electron chi connectivity index (χ4n) is 4.51. The SMILES string of the molecule is CC.[B]c1cc2c3c(c(Br)[nH]c3c1)CC1C2=C[C@@H](C(=O)N(CC)CC)CN1C. The van der Waals surface area contributed by atoms with Crippen molar-refractivity contribution in [1.29, 1.82) is 0 Å². The van der Waals surface area contributed by atoms with Crippen molar-refractivity contribution in [3.8, 4) is 0 Å². The van der Waals surface area contributed by atoms with Gasteiger partial charge in [-0.05, 0) is 66.0 Å². The van der Waals surface area contributed by atoms with Crippen LogP contribution in [0.15, 0.2) is 22.8 Å². The van der Waals surface area contributed by atoms with Gasteiger partial charge in [-0.1, -0.05) is 31.5 Å². The molecule has 0 fully saturated rings. The van der Waals surface area contributed by atoms with E-state index >= 15 is 0 Å². The van der Waals surface area contributed by atoms with Crippen LogP contribution in [-0.2, 0) is 11.2 Å². The van der Waals surface area contributed by atoms with Gasteiger partial charge in [0.25, 0.3) is 0 Å². The van der Waals surface area contributed by atoms with E-state index in [4.69, 9.17) is 7.85 Å². The number of carbonyl (C=O) groups excluding carboxylic acids is 1. The Labute approximate surface area is 177 Å². The number of carbonyl (C=O) groups is 1. The molecule has 1 aliphatic heterocycles. The number of benzene rings is 1. The van der Waals surface area contributed by atoms with Gasteiger partial charge in [0.1, 0.15) is 7.85 Å². The van der Waals surface area contributed by atoms with Gasteiger partial charge in [0.05, 0.1) is 10.5 Å². The molecule has 1 unspecified atom stereocenters. The zero-order chi connectivity index (χ0) is 20.6. The first-order chi connectivity index (χ1) is 13.4. The number of amides is 1. The molecule has 0 spiro atoms. The minimum atomic E-state index is -0.105. The number of likely N-dealkylation sites (N-methyl/N-ethyl adjacent to an activating group) is 1. The topological polar surface area (TPSA) is 39.3 Å². The number of nitrogens with one attached hydrogen (secondary N) is 1. The molecule has 0 saturated carbocycles. The van der Waals surface area contributed by atoms with Gasteiger partial charge in [-0.2, -0.15) is 0 Å². The number of aromatic amines is 1. The number of hydrogen-bond acceptors (Lipinski definition) is 2. The Morgan fingerprint density at radius 3 is 2.64 bits per heavy atom. The van der Waals surface area contributed by atoms with Gasteiger partial charge < -0.3 is 9.88 Å². The van der Waals surface area contributed by atoms with Crippen LogP contribution in [0.4, 0.5) is 0 Å². The Morgan fingerprint density at radius 2 is 2.00 bits per heavy atom. The number of fused-ring (bicyclic) bond motifs is 2. The summed E-state index contributed by atoms with van der Waals surface area (Å²) in [6.45, 7) is 10.3. The molecule has 1 amide bonds. The summed E-state index contributed by atoms with van der Waals surface area (Å²) in [4.78, 5) is 20.6. The van der Waals surface area contributed by atoms with Crippen molar-refractivity contribution in [2.75, 3.05) is 26.7 Å². The van der Waals surface area contributed by atoms with Crippen molar-refractivity contribution in [3.05, 3.63) is 33.9 Å². The van der Waals surface area contributed by atoms with Crippen molar-refractivity contribution in [2.24, 2.45) is 5.92 Å². The molecule has 2 heterocycles. The Morgan fingerprint density at radius 1 is 1.32 bits per heavy atom. The van der Waals surface area contributed by atoms with Crippen molar-refractivity contribution in [2.45, 2.75) is 40.2 Å². The van der Waals surface area contributed by atoms with Crippen LogP contribution in [0.3, 0.4) is 0 Å². The van der Waals surface area contributed by atoms with Gasteiger partial charge in [-0.25, -0.2) is 0 Å². The molecule has 4 rings (SSSR count). The van der Waals surface area contributed by atoms with Crippen LogP contribution in [-0.4, -0.2) is 61.3 Å². The van der Waals surface area contributed by atoms with Gasteiger partial charge >= 0.3 is 0 Å². The molecule has 1 aromatic carbocycles. The Kier molecular flexibility index (Phi) is 6.40. The molecular weight excluding hydrogens is 413 g/mol. The summed E-state index contributed by atoms with van der Waals surface area (Å²) in [5.74, 6) is 0.112. The maximum Gasteiger partial charge on any atom is 0.230 e. The summed E-state index contributed by atoms with van der Waals surface area (Å²) >= 11 is 3.68. The third-order valence-corrected chi connectivity index (χ3v) is 6.51. The largest absolute Gasteiger partial charge is 0.349 e. The fourth-order valence-corrected chi connectivity index (χ4v) is 5.09. The molecule has 148 valence electrons. The monoisotopic (exact) mass is 441 g/mol. The molecule has 28 heavy (non-hydrogen) atoms. The third kappa shape index (κ3) is 3.46. The van der Waals surface area contributed by atoms with Crippen LogP contribution >= 0.6 is 15.9 Å². The molecule has 2 aromatic rings. The minimum Gasteiger partial charge on any atom is -0.349 e. The number of halogens is 1. The van der Waals surface area contributed by atoms with Gasteiger partial charge in [-0.15, -0.1) is 0 Å². The predicted octanol–water partition coefficient (Wildman–Crippen LogP) is 3.49. The summed E-state index contributed by atoms with van der Waals surface area (Å²) in [6, 6.07) is 4.32. The minimum absolute atomic E-state index is 0.105. The molecule has 1 aromatic heterocycles. The Bertz CT molecular complexity index is 916. The molecule has 0 bridgehead atoms. The summed E-state index contributed by atoms with van der Waals surface area (Å²) in [5, 5.41) is 1.23. The van der Waals surface area contributed by atoms with Crippen LogP contribution in [0.2, 0.25) is 0 Å². The molecule has 1 N–H and O–H groups in total. The summed E-state index contributed by atoms with van der Waals surface area (Å²) in [6.07, 6.45) is 3.13. The van der Waals surface area contributed by atoms with Crippen molar-refractivity contribution >= 4 is 51.6 Å². The second-order valence-corrected chi connectivity index (χ2v) is 8.10. The van der Waals surface area contributed by atoms with E-state index in [0.717, 1.165) is 47.2 Å². The average Bonchev–Trinajstić information content (AvgIpc) is 3.00. The van der Waals surface area contributed by atoms with Crippen LogP contribution in [0.5, 0.6) is 0 Å². The van der Waals surface area contributed by atoms with Crippen LogP contribution in [0, 0.1) is 5.92 Å². The highest BCUT2D eigenvalue weighted by Crippen LogP contribution is 2.43. The lowest BCUT2D eigenvalue weighted by Gasteiger charge is -2.40. The van der Waals surface area contributed by atoms with E-state index in [1.54, 1.807) is 0 Å². The summed E-state index contributed by atoms with van der Waals surface area (Å²) < 4.78 is 1.04. The van der Waals surface area contributed by atoms with E-state index < -0.39 is 0 Å². The van der Waals surface area contributed by atoms with E-state index in [1.165, 1.54) is 16.5 Å². The average molecular weight is 442 g/mol. The highest BCUT2D eigenvalue weighted by atomic mass is 79.9. The standard InChI is InChI=1S/C20H23BBrN3O.C2H6/c1-4-25(5-2)20(26)11-6-13-14-7-12(21)8-16-18(14)15(19(22)23-16)9-17(13)24(3)10-11;1-2/h6-8,11,17,23H,4-5,9-10H2,1-3H3;1-2H3/t11-,17?;/m1./s1. The maximum atomic E-state index is 13.0. The van der Waals surface area contributed by atoms with E-state index in [2.05, 4.69) is 45.0 Å². The number of H-pyrrole nitrogens is 1. The van der Waals surface area contributed by atoms with Crippen LogP contribution in [0.1, 0.15) is 38.8 Å². The normalized spacial score (nSPS) is 20.9. The van der Waals surface area contributed by atoms with Crippen molar-refractivity contribution in [3.63, 3.8) is 0 Å². The molecule has 0 saturated heterocycles. The van der Waals surface area contributed by atoms with E-state index in [1.807, 2.05) is 38.7 Å². The second kappa shape index (κ2) is 8.46. The number of rotatable bonds is 3. The predicted molar refractivity (Wildman–Crippen MR) is 122 cm³/mol. The molecule has 6 heteroatoms. The van der Waals surface area contributed by atoms with Gasteiger partial charge in [0, 0.05) is 36.6 Å². The first kappa shape index (κ1) is 21.2. The quantitative estimate of drug-likeness (QED) is 0.740. The van der Waals surface area contributed by atoms with Gasteiger partial charge in [-0.3, -0.25) is 9.69 Å². The van der Waals surface area contributed by atoms with Gasteiger partial charge in [0.15, 0.2) is 0 Å². The molecule has 1 aliphatic carbocycles. The molecule has 2 aliphatic rings. The Balaban J connectivity index is 0.00000109. The first-order valence-electron chi connectivity index (χ1n) is 10.2. The lowest BCUT2D eigenvalue weighted by Crippen LogP contribution is -2.47. The zero-order valence-corrected chi connectivity index (χ0v) is 19.1. The first-order valence-corrected chi connectivity index (χ1v) is 11.0. The summed E-state index contributed by atoms with van der Waals surface area (Å²) in [5.41, 5.74) is 5.51. The van der Waals surface area contributed by atoms with Gasteiger partial charge in [0.2, 0.25) is 5.91 Å². The maximum absolute atomic E-state index is 13.0. The molecule has 4 nitrogen and oxygen atoms in total. The number of nitrogens with zero attached hydrogens (tertiary/aromatic N) is 2. The smallest absolute Gasteiger partial charge is 0.230 e. The highest BCUT2D eigenvalue weighted by molar-refractivity contribution is 9.10. The molecule has 2 atom stereocenters. The molecular formula is C22H29BBrN3O. The van der Waals surface area contributed by atoms with E-state index in [-0.39, 0.29) is 17.9 Å².